The summed E-state index contributed by atoms with van der Waals surface area (Å²) in [6, 6.07) is 4.82. The van der Waals surface area contributed by atoms with E-state index in [2.05, 4.69) is 15.9 Å². The van der Waals surface area contributed by atoms with Crippen LogP contribution in [0.2, 0.25) is 0 Å². The molecule has 0 saturated heterocycles. The zero-order valence-corrected chi connectivity index (χ0v) is 11.3. The third-order valence-corrected chi connectivity index (χ3v) is 4.23. The Morgan fingerprint density at radius 2 is 2.24 bits per heavy atom. The van der Waals surface area contributed by atoms with Crippen LogP contribution < -0.4 is 0 Å². The van der Waals surface area contributed by atoms with Crippen molar-refractivity contribution in [2.24, 2.45) is 0 Å². The molecule has 0 amide bonds. The lowest BCUT2D eigenvalue weighted by molar-refractivity contribution is -0.148. The molecule has 94 valence electrons. The number of aliphatic hydroxyl groups is 1. The van der Waals surface area contributed by atoms with E-state index in [1.165, 1.54) is 6.07 Å². The minimum atomic E-state index is -0.529. The fourth-order valence-electron chi connectivity index (χ4n) is 2.27. The van der Waals surface area contributed by atoms with Gasteiger partial charge in [0.15, 0.2) is 0 Å². The van der Waals surface area contributed by atoms with Gasteiger partial charge in [0, 0.05) is 13.5 Å². The maximum atomic E-state index is 13.1. The van der Waals surface area contributed by atoms with Gasteiger partial charge in [-0.1, -0.05) is 6.07 Å². The SMILES string of the molecule is COC1(C(O)Cc2ccc(F)c(Br)c2)CCC1. The molecule has 1 unspecified atom stereocenters. The summed E-state index contributed by atoms with van der Waals surface area (Å²) in [5.41, 5.74) is 0.523. The van der Waals surface area contributed by atoms with Gasteiger partial charge in [0.1, 0.15) is 5.82 Å². The molecule has 0 aromatic heterocycles. The molecule has 0 radical (unpaired) electrons. The van der Waals surface area contributed by atoms with Crippen molar-refractivity contribution in [2.45, 2.75) is 37.4 Å². The smallest absolute Gasteiger partial charge is 0.137 e. The highest BCUT2D eigenvalue weighted by Crippen LogP contribution is 2.39. The van der Waals surface area contributed by atoms with Crippen LogP contribution in [0.3, 0.4) is 0 Å². The lowest BCUT2D eigenvalue weighted by Gasteiger charge is -2.44. The summed E-state index contributed by atoms with van der Waals surface area (Å²) in [6.45, 7) is 0. The van der Waals surface area contributed by atoms with Gasteiger partial charge < -0.3 is 9.84 Å². The zero-order valence-electron chi connectivity index (χ0n) is 9.75. The second-order valence-electron chi connectivity index (χ2n) is 4.59. The number of hydrogen-bond donors (Lipinski definition) is 1. The van der Waals surface area contributed by atoms with E-state index in [0.29, 0.717) is 10.9 Å². The van der Waals surface area contributed by atoms with Crippen LogP contribution >= 0.6 is 15.9 Å². The molecule has 0 aliphatic heterocycles. The fraction of sp³-hybridized carbons (Fsp3) is 0.538. The molecule has 1 aliphatic rings. The van der Waals surface area contributed by atoms with Gasteiger partial charge >= 0.3 is 0 Å². The molecule has 1 atom stereocenters. The topological polar surface area (TPSA) is 29.5 Å². The van der Waals surface area contributed by atoms with Crippen molar-refractivity contribution in [3.05, 3.63) is 34.1 Å². The first-order chi connectivity index (χ1) is 8.07. The largest absolute Gasteiger partial charge is 0.390 e. The molecule has 1 aliphatic carbocycles. The molecule has 1 aromatic rings. The lowest BCUT2D eigenvalue weighted by Crippen LogP contribution is -2.50. The maximum Gasteiger partial charge on any atom is 0.137 e. The number of halogens is 2. The van der Waals surface area contributed by atoms with Gasteiger partial charge in [0.25, 0.3) is 0 Å². The number of rotatable bonds is 4. The number of hydrogen-bond acceptors (Lipinski definition) is 2. The van der Waals surface area contributed by atoms with Gasteiger partial charge in [-0.15, -0.1) is 0 Å². The van der Waals surface area contributed by atoms with Crippen LogP contribution in [-0.2, 0) is 11.2 Å². The Kier molecular flexibility index (Phi) is 3.85. The number of aliphatic hydroxyl groups excluding tert-OH is 1. The normalized spacial score (nSPS) is 19.8. The highest BCUT2D eigenvalue weighted by Gasteiger charge is 2.43. The predicted molar refractivity (Wildman–Crippen MR) is 67.4 cm³/mol. The average molecular weight is 303 g/mol. The van der Waals surface area contributed by atoms with Crippen LogP contribution in [0.5, 0.6) is 0 Å². The molecule has 2 rings (SSSR count). The first-order valence-electron chi connectivity index (χ1n) is 5.74. The van der Waals surface area contributed by atoms with E-state index in [4.69, 9.17) is 4.74 Å². The molecule has 0 spiro atoms. The molecular weight excluding hydrogens is 287 g/mol. The van der Waals surface area contributed by atoms with Crippen LogP contribution in [0.15, 0.2) is 22.7 Å². The van der Waals surface area contributed by atoms with E-state index in [-0.39, 0.29) is 11.4 Å². The van der Waals surface area contributed by atoms with Crippen LogP contribution in [0.4, 0.5) is 4.39 Å². The van der Waals surface area contributed by atoms with E-state index in [0.717, 1.165) is 24.8 Å². The minimum absolute atomic E-state index is 0.284. The summed E-state index contributed by atoms with van der Waals surface area (Å²) in [7, 11) is 1.64. The second-order valence-corrected chi connectivity index (χ2v) is 5.45. The Bertz CT molecular complexity index is 399. The highest BCUT2D eigenvalue weighted by atomic mass is 79.9. The Labute approximate surface area is 109 Å². The van der Waals surface area contributed by atoms with Crippen LogP contribution in [0, 0.1) is 5.82 Å². The Morgan fingerprint density at radius 1 is 1.53 bits per heavy atom. The number of methoxy groups -OCH3 is 1. The molecule has 17 heavy (non-hydrogen) atoms. The highest BCUT2D eigenvalue weighted by molar-refractivity contribution is 9.10. The van der Waals surface area contributed by atoms with Crippen molar-refractivity contribution in [1.29, 1.82) is 0 Å². The summed E-state index contributed by atoms with van der Waals surface area (Å²) in [4.78, 5) is 0. The van der Waals surface area contributed by atoms with E-state index >= 15 is 0 Å². The summed E-state index contributed by atoms with van der Waals surface area (Å²) < 4.78 is 18.9. The van der Waals surface area contributed by atoms with Crippen LogP contribution in [-0.4, -0.2) is 23.9 Å². The van der Waals surface area contributed by atoms with Gasteiger partial charge in [-0.05, 0) is 52.9 Å². The van der Waals surface area contributed by atoms with Crippen LogP contribution in [0.1, 0.15) is 24.8 Å². The van der Waals surface area contributed by atoms with E-state index < -0.39 is 6.10 Å². The van der Waals surface area contributed by atoms with Gasteiger partial charge in [-0.3, -0.25) is 0 Å². The Hall–Kier alpha value is -0.450. The molecule has 1 fully saturated rings. The molecule has 1 N–H and O–H groups in total. The zero-order chi connectivity index (χ0) is 12.5. The summed E-state index contributed by atoms with van der Waals surface area (Å²) >= 11 is 3.15. The predicted octanol–water partition coefficient (Wildman–Crippen LogP) is 3.06. The van der Waals surface area contributed by atoms with Crippen molar-refractivity contribution < 1.29 is 14.2 Å². The molecular formula is C13H16BrFO2. The molecule has 4 heteroatoms. The first-order valence-corrected chi connectivity index (χ1v) is 6.54. The van der Waals surface area contributed by atoms with Crippen molar-refractivity contribution in [3.63, 3.8) is 0 Å². The number of ether oxygens (including phenoxy) is 1. The van der Waals surface area contributed by atoms with Gasteiger partial charge in [-0.2, -0.15) is 0 Å². The third-order valence-electron chi connectivity index (χ3n) is 3.63. The van der Waals surface area contributed by atoms with E-state index in [1.807, 2.05) is 0 Å². The van der Waals surface area contributed by atoms with Gasteiger partial charge in [0.2, 0.25) is 0 Å². The Balaban J connectivity index is 2.07. The summed E-state index contributed by atoms with van der Waals surface area (Å²) in [5.74, 6) is -0.284. The standard InChI is InChI=1S/C13H16BrFO2/c1-17-13(5-2-6-13)12(16)8-9-3-4-11(15)10(14)7-9/h3-4,7,12,16H,2,5-6,8H2,1H3. The molecule has 0 heterocycles. The minimum Gasteiger partial charge on any atom is -0.390 e. The molecule has 1 saturated carbocycles. The van der Waals surface area contributed by atoms with Gasteiger partial charge in [0.05, 0.1) is 16.2 Å². The first kappa shape index (κ1) is 13.0. The second kappa shape index (κ2) is 5.04. The van der Waals surface area contributed by atoms with Crippen LogP contribution in [0.25, 0.3) is 0 Å². The monoisotopic (exact) mass is 302 g/mol. The van der Waals surface area contributed by atoms with Crippen molar-refractivity contribution >= 4 is 15.9 Å². The fourth-order valence-corrected chi connectivity index (χ4v) is 2.70. The quantitative estimate of drug-likeness (QED) is 0.926. The third kappa shape index (κ3) is 2.54. The van der Waals surface area contributed by atoms with Crippen molar-refractivity contribution in [1.82, 2.24) is 0 Å². The lowest BCUT2D eigenvalue weighted by atomic mass is 9.74. The van der Waals surface area contributed by atoms with Crippen molar-refractivity contribution in [2.75, 3.05) is 7.11 Å². The molecule has 0 bridgehead atoms. The summed E-state index contributed by atoms with van der Waals surface area (Å²) in [5, 5.41) is 10.2. The summed E-state index contributed by atoms with van der Waals surface area (Å²) in [6.07, 6.45) is 2.85. The molecule has 1 aromatic carbocycles. The van der Waals surface area contributed by atoms with Gasteiger partial charge in [-0.25, -0.2) is 4.39 Å². The van der Waals surface area contributed by atoms with E-state index in [1.54, 1.807) is 19.2 Å². The molecule has 2 nitrogen and oxygen atoms in total. The van der Waals surface area contributed by atoms with Crippen molar-refractivity contribution in [3.8, 4) is 0 Å². The number of benzene rings is 1. The van der Waals surface area contributed by atoms with E-state index in [9.17, 15) is 9.50 Å². The maximum absolute atomic E-state index is 13.1. The Morgan fingerprint density at radius 3 is 2.71 bits per heavy atom. The average Bonchev–Trinajstić information content (AvgIpc) is 2.23.